The van der Waals surface area contributed by atoms with E-state index in [0.717, 1.165) is 36.8 Å². The molecule has 3 atom stereocenters. The lowest BCUT2D eigenvalue weighted by Gasteiger charge is -2.25. The van der Waals surface area contributed by atoms with Crippen LogP contribution < -0.4 is 5.32 Å². The van der Waals surface area contributed by atoms with Crippen molar-refractivity contribution in [2.75, 3.05) is 6.54 Å². The molecule has 0 saturated heterocycles. The van der Waals surface area contributed by atoms with Crippen molar-refractivity contribution in [2.45, 2.75) is 52.0 Å². The van der Waals surface area contributed by atoms with Crippen LogP contribution in [0.4, 0.5) is 4.39 Å². The van der Waals surface area contributed by atoms with Gasteiger partial charge in [-0.1, -0.05) is 32.4 Å². The van der Waals surface area contributed by atoms with Crippen molar-refractivity contribution in [1.29, 1.82) is 0 Å². The average molecular weight is 342 g/mol. The summed E-state index contributed by atoms with van der Waals surface area (Å²) in [4.78, 5) is 0. The molecule has 1 aromatic carbocycles. The first-order valence-corrected chi connectivity index (χ1v) is 8.57. The molecular weight excluding hydrogens is 317 g/mol. The molecule has 1 N–H and O–H groups in total. The zero-order valence-corrected chi connectivity index (χ0v) is 14.0. The molecule has 0 heterocycles. The minimum Gasteiger partial charge on any atom is -0.313 e. The molecule has 20 heavy (non-hydrogen) atoms. The Bertz CT molecular complexity index is 435. The third kappa shape index (κ3) is 4.05. The van der Waals surface area contributed by atoms with Gasteiger partial charge in [-0.3, -0.25) is 0 Å². The summed E-state index contributed by atoms with van der Waals surface area (Å²) in [6.07, 6.45) is 5.99. The van der Waals surface area contributed by atoms with E-state index in [0.29, 0.717) is 10.5 Å². The fourth-order valence-electron chi connectivity index (χ4n) is 3.29. The molecule has 1 fully saturated rings. The van der Waals surface area contributed by atoms with E-state index in [-0.39, 0.29) is 5.82 Å². The van der Waals surface area contributed by atoms with Gasteiger partial charge in [0.1, 0.15) is 5.82 Å². The minimum atomic E-state index is -0.156. The summed E-state index contributed by atoms with van der Waals surface area (Å²) in [6, 6.07) is 5.83. The molecule has 0 aromatic heterocycles. The molecule has 0 radical (unpaired) electrons. The molecule has 2 rings (SSSR count). The van der Waals surface area contributed by atoms with Gasteiger partial charge in [-0.2, -0.15) is 0 Å². The van der Waals surface area contributed by atoms with Crippen LogP contribution in [0.2, 0.25) is 0 Å². The number of hydrogen-bond donors (Lipinski definition) is 1. The summed E-state index contributed by atoms with van der Waals surface area (Å²) in [5.74, 6) is 1.41. The molecule has 112 valence electrons. The van der Waals surface area contributed by atoms with Crippen molar-refractivity contribution < 1.29 is 4.39 Å². The van der Waals surface area contributed by atoms with Crippen molar-refractivity contribution in [3.63, 3.8) is 0 Å². The van der Waals surface area contributed by atoms with E-state index in [1.165, 1.54) is 25.3 Å². The Balaban J connectivity index is 2.08. The van der Waals surface area contributed by atoms with Crippen molar-refractivity contribution in [3.05, 3.63) is 34.1 Å². The summed E-state index contributed by atoms with van der Waals surface area (Å²) in [7, 11) is 0. The monoisotopic (exact) mass is 341 g/mol. The largest absolute Gasteiger partial charge is 0.313 e. The zero-order chi connectivity index (χ0) is 14.5. The molecule has 3 heteroatoms. The second kappa shape index (κ2) is 7.56. The quantitative estimate of drug-likeness (QED) is 0.772. The van der Waals surface area contributed by atoms with Gasteiger partial charge >= 0.3 is 0 Å². The van der Waals surface area contributed by atoms with E-state index < -0.39 is 0 Å². The maximum atomic E-state index is 13.7. The summed E-state index contributed by atoms with van der Waals surface area (Å²) < 4.78 is 14.3. The molecule has 0 amide bonds. The molecule has 0 bridgehead atoms. The average Bonchev–Trinajstić information content (AvgIpc) is 2.86. The number of halogens is 2. The highest BCUT2D eigenvalue weighted by molar-refractivity contribution is 9.10. The summed E-state index contributed by atoms with van der Waals surface area (Å²) in [5.41, 5.74) is 1.08. The first kappa shape index (κ1) is 16.0. The highest BCUT2D eigenvalue weighted by Gasteiger charge is 2.29. The Morgan fingerprint density at radius 2 is 2.20 bits per heavy atom. The maximum Gasteiger partial charge on any atom is 0.137 e. The van der Waals surface area contributed by atoms with Crippen molar-refractivity contribution >= 4 is 15.9 Å². The molecule has 1 aliphatic rings. The molecule has 0 spiro atoms. The molecule has 0 aliphatic heterocycles. The molecule has 3 unspecified atom stereocenters. The normalized spacial score (nSPS) is 24.0. The lowest BCUT2D eigenvalue weighted by Crippen LogP contribution is -2.37. The topological polar surface area (TPSA) is 12.0 Å². The van der Waals surface area contributed by atoms with E-state index in [2.05, 4.69) is 35.1 Å². The lowest BCUT2D eigenvalue weighted by atomic mass is 9.91. The highest BCUT2D eigenvalue weighted by Crippen LogP contribution is 2.34. The van der Waals surface area contributed by atoms with Crippen LogP contribution in [0.1, 0.15) is 45.1 Å². The Morgan fingerprint density at radius 3 is 2.85 bits per heavy atom. The molecule has 1 aromatic rings. The first-order valence-electron chi connectivity index (χ1n) is 7.78. The fraction of sp³-hybridized carbons (Fsp3) is 0.647. The van der Waals surface area contributed by atoms with E-state index >= 15 is 0 Å². The number of hydrogen-bond acceptors (Lipinski definition) is 1. The summed E-state index contributed by atoms with van der Waals surface area (Å²) in [6.45, 7) is 5.58. The van der Waals surface area contributed by atoms with Crippen LogP contribution in [0.5, 0.6) is 0 Å². The highest BCUT2D eigenvalue weighted by atomic mass is 79.9. The standard InChI is InChI=1S/C17H25BrFN/c1-3-9-20-16(13-8-7-12(2)10-13)11-14-5-4-6-15(19)17(14)18/h4-6,12-13,16,20H,3,7-11H2,1-2H3. The molecular formula is C17H25BrFN. The van der Waals surface area contributed by atoms with E-state index in [1.807, 2.05) is 12.1 Å². The minimum absolute atomic E-state index is 0.156. The third-order valence-corrected chi connectivity index (χ3v) is 5.32. The van der Waals surface area contributed by atoms with Crippen LogP contribution in [-0.2, 0) is 6.42 Å². The van der Waals surface area contributed by atoms with Crippen LogP contribution in [0.25, 0.3) is 0 Å². The summed E-state index contributed by atoms with van der Waals surface area (Å²) >= 11 is 3.39. The van der Waals surface area contributed by atoms with Gasteiger partial charge in [0.25, 0.3) is 0 Å². The lowest BCUT2D eigenvalue weighted by molar-refractivity contribution is 0.348. The Hall–Kier alpha value is -0.410. The van der Waals surface area contributed by atoms with Crippen LogP contribution >= 0.6 is 15.9 Å². The first-order chi connectivity index (χ1) is 9.61. The predicted molar refractivity (Wildman–Crippen MR) is 86.4 cm³/mol. The van der Waals surface area contributed by atoms with Gasteiger partial charge in [-0.25, -0.2) is 4.39 Å². The molecule has 1 aliphatic carbocycles. The van der Waals surface area contributed by atoms with Crippen LogP contribution in [0, 0.1) is 17.7 Å². The van der Waals surface area contributed by atoms with E-state index in [4.69, 9.17) is 0 Å². The van der Waals surface area contributed by atoms with Gasteiger partial charge in [0.15, 0.2) is 0 Å². The third-order valence-electron chi connectivity index (χ3n) is 4.43. The van der Waals surface area contributed by atoms with Crippen molar-refractivity contribution in [3.8, 4) is 0 Å². The maximum absolute atomic E-state index is 13.7. The van der Waals surface area contributed by atoms with Gasteiger partial charge in [-0.15, -0.1) is 0 Å². The van der Waals surface area contributed by atoms with Crippen LogP contribution in [0.15, 0.2) is 22.7 Å². The Labute approximate surface area is 130 Å². The SMILES string of the molecule is CCCNC(Cc1cccc(F)c1Br)C1CCC(C)C1. The predicted octanol–water partition coefficient (Wildman–Crippen LogP) is 4.94. The smallest absolute Gasteiger partial charge is 0.137 e. The Kier molecular flexibility index (Phi) is 6.03. The summed E-state index contributed by atoms with van der Waals surface area (Å²) in [5, 5.41) is 3.68. The van der Waals surface area contributed by atoms with Gasteiger partial charge in [0.2, 0.25) is 0 Å². The number of nitrogens with one attached hydrogen (secondary N) is 1. The van der Waals surface area contributed by atoms with Gasteiger partial charge in [0, 0.05) is 6.04 Å². The van der Waals surface area contributed by atoms with Crippen LogP contribution in [-0.4, -0.2) is 12.6 Å². The van der Waals surface area contributed by atoms with Crippen molar-refractivity contribution in [2.24, 2.45) is 11.8 Å². The fourth-order valence-corrected chi connectivity index (χ4v) is 3.72. The van der Waals surface area contributed by atoms with Gasteiger partial charge in [-0.05, 0) is 71.6 Å². The number of benzene rings is 1. The van der Waals surface area contributed by atoms with E-state index in [9.17, 15) is 4.39 Å². The molecule has 1 saturated carbocycles. The van der Waals surface area contributed by atoms with Crippen LogP contribution in [0.3, 0.4) is 0 Å². The van der Waals surface area contributed by atoms with Gasteiger partial charge < -0.3 is 5.32 Å². The number of rotatable bonds is 6. The second-order valence-corrected chi connectivity index (χ2v) is 6.95. The van der Waals surface area contributed by atoms with E-state index in [1.54, 1.807) is 0 Å². The second-order valence-electron chi connectivity index (χ2n) is 6.16. The zero-order valence-electron chi connectivity index (χ0n) is 12.5. The van der Waals surface area contributed by atoms with Crippen molar-refractivity contribution in [1.82, 2.24) is 5.32 Å². The van der Waals surface area contributed by atoms with Gasteiger partial charge in [0.05, 0.1) is 4.47 Å². The molecule has 1 nitrogen and oxygen atoms in total. The Morgan fingerprint density at radius 1 is 1.40 bits per heavy atom.